The number of nitrogens with zero attached hydrogens (tertiary/aromatic N) is 2. The highest BCUT2D eigenvalue weighted by Gasteiger charge is 2.33. The number of fused-ring (bicyclic) bond motifs is 5. The normalized spacial score (nSPS) is 15.6. The average Bonchev–Trinajstić information content (AvgIpc) is 2.87. The van der Waals surface area contributed by atoms with E-state index in [9.17, 15) is 10.1 Å². The summed E-state index contributed by atoms with van der Waals surface area (Å²) in [5, 5.41) is 12.7. The van der Waals surface area contributed by atoms with Gasteiger partial charge in [0.15, 0.2) is 0 Å². The zero-order valence-electron chi connectivity index (χ0n) is 10.7. The van der Waals surface area contributed by atoms with Crippen molar-refractivity contribution in [2.75, 3.05) is 4.90 Å². The third-order valence-corrected chi connectivity index (χ3v) is 5.22. The molecule has 21 heavy (non-hydrogen) atoms. The van der Waals surface area contributed by atoms with Gasteiger partial charge in [-0.15, -0.1) is 0 Å². The zero-order valence-corrected chi connectivity index (χ0v) is 12.3. The molecule has 2 aliphatic rings. The molecule has 0 aromatic heterocycles. The molecule has 2 aromatic rings. The summed E-state index contributed by atoms with van der Waals surface area (Å²) in [7, 11) is 0. The standard InChI is InChI=1S/C15H9ClN2O2S/c16-11-8-9-7-10(18(19)20)5-6-12(9)17-13-3-1-2-4-14(13)21-15(11)17/h1-7H,8H2. The molecule has 0 fully saturated rings. The molecule has 0 radical (unpaired) electrons. The second-order valence-electron chi connectivity index (χ2n) is 4.86. The third-order valence-electron chi connectivity index (χ3n) is 3.61. The fourth-order valence-corrected chi connectivity index (χ4v) is 4.13. The van der Waals surface area contributed by atoms with Gasteiger partial charge in [-0.3, -0.25) is 10.1 Å². The summed E-state index contributed by atoms with van der Waals surface area (Å²) >= 11 is 8.06. The molecule has 104 valence electrons. The van der Waals surface area contributed by atoms with E-state index < -0.39 is 0 Å². The minimum Gasteiger partial charge on any atom is -0.302 e. The first-order chi connectivity index (χ1) is 10.1. The number of hydrogen-bond acceptors (Lipinski definition) is 4. The molecule has 0 spiro atoms. The lowest BCUT2D eigenvalue weighted by molar-refractivity contribution is -0.384. The maximum Gasteiger partial charge on any atom is 0.269 e. The van der Waals surface area contributed by atoms with Crippen molar-refractivity contribution < 1.29 is 4.92 Å². The summed E-state index contributed by atoms with van der Waals surface area (Å²) < 4.78 is 0. The van der Waals surface area contributed by atoms with Crippen LogP contribution in [0.25, 0.3) is 0 Å². The van der Waals surface area contributed by atoms with Gasteiger partial charge in [-0.05, 0) is 23.8 Å². The maximum absolute atomic E-state index is 10.9. The van der Waals surface area contributed by atoms with Gasteiger partial charge in [-0.25, -0.2) is 0 Å². The van der Waals surface area contributed by atoms with E-state index in [1.54, 1.807) is 30.0 Å². The van der Waals surface area contributed by atoms with Crippen LogP contribution in [0.3, 0.4) is 0 Å². The van der Waals surface area contributed by atoms with Crippen molar-refractivity contribution in [2.45, 2.75) is 11.3 Å². The van der Waals surface area contributed by atoms with E-state index in [0.717, 1.165) is 31.9 Å². The first-order valence-corrected chi connectivity index (χ1v) is 7.57. The number of anilines is 2. The van der Waals surface area contributed by atoms with Gasteiger partial charge in [0.05, 0.1) is 26.4 Å². The molecule has 0 saturated carbocycles. The largest absolute Gasteiger partial charge is 0.302 e. The second-order valence-corrected chi connectivity index (χ2v) is 6.35. The summed E-state index contributed by atoms with van der Waals surface area (Å²) in [5.41, 5.74) is 3.03. The molecule has 0 saturated heterocycles. The molecule has 6 heteroatoms. The lowest BCUT2D eigenvalue weighted by Gasteiger charge is -2.28. The summed E-state index contributed by atoms with van der Waals surface area (Å²) in [6, 6.07) is 13.0. The monoisotopic (exact) mass is 316 g/mol. The van der Waals surface area contributed by atoms with Crippen LogP contribution in [0, 0.1) is 10.1 Å². The van der Waals surface area contributed by atoms with Crippen LogP contribution in [0.15, 0.2) is 57.4 Å². The topological polar surface area (TPSA) is 46.4 Å². The molecular weight excluding hydrogens is 308 g/mol. The number of halogens is 1. The molecule has 0 unspecified atom stereocenters. The van der Waals surface area contributed by atoms with Crippen LogP contribution < -0.4 is 4.90 Å². The number of non-ortho nitro benzene ring substituents is 1. The number of benzene rings is 2. The summed E-state index contributed by atoms with van der Waals surface area (Å²) in [4.78, 5) is 13.8. The molecule has 0 atom stereocenters. The Labute approximate surface area is 130 Å². The molecule has 0 amide bonds. The fourth-order valence-electron chi connectivity index (χ4n) is 2.69. The lowest BCUT2D eigenvalue weighted by atomic mass is 10.0. The molecule has 4 nitrogen and oxygen atoms in total. The summed E-state index contributed by atoms with van der Waals surface area (Å²) in [6.07, 6.45) is 0.533. The number of thioether (sulfide) groups is 1. The Bertz CT molecular complexity index is 819. The third kappa shape index (κ3) is 1.85. The molecule has 2 aliphatic heterocycles. The van der Waals surface area contributed by atoms with Crippen LogP contribution in [0.2, 0.25) is 0 Å². The quantitative estimate of drug-likeness (QED) is 0.560. The van der Waals surface area contributed by atoms with Crippen LogP contribution in [-0.4, -0.2) is 4.92 Å². The highest BCUT2D eigenvalue weighted by atomic mass is 35.5. The van der Waals surface area contributed by atoms with E-state index in [1.807, 2.05) is 18.2 Å². The predicted molar refractivity (Wildman–Crippen MR) is 84.1 cm³/mol. The smallest absolute Gasteiger partial charge is 0.269 e. The van der Waals surface area contributed by atoms with Gasteiger partial charge in [-0.2, -0.15) is 0 Å². The second kappa shape index (κ2) is 4.51. The van der Waals surface area contributed by atoms with Crippen LogP contribution in [0.4, 0.5) is 17.1 Å². The van der Waals surface area contributed by atoms with Crippen LogP contribution in [-0.2, 0) is 6.42 Å². The predicted octanol–water partition coefficient (Wildman–Crippen LogP) is 4.80. The molecule has 2 aromatic carbocycles. The van der Waals surface area contributed by atoms with Crippen LogP contribution in [0.5, 0.6) is 0 Å². The lowest BCUT2D eigenvalue weighted by Crippen LogP contribution is -2.18. The Morgan fingerprint density at radius 1 is 1.19 bits per heavy atom. The van der Waals surface area contributed by atoms with Gasteiger partial charge in [-0.1, -0.05) is 35.5 Å². The number of para-hydroxylation sites is 1. The molecule has 2 heterocycles. The SMILES string of the molecule is O=[N+]([O-])c1ccc2c(c1)CC(Cl)=C1Sc3ccccc3N12. The Morgan fingerprint density at radius 3 is 2.81 bits per heavy atom. The van der Waals surface area contributed by atoms with Crippen molar-refractivity contribution in [3.8, 4) is 0 Å². The molecule has 0 aliphatic carbocycles. The number of allylic oxidation sites excluding steroid dienone is 1. The van der Waals surface area contributed by atoms with Gasteiger partial charge in [0, 0.05) is 23.4 Å². The first-order valence-electron chi connectivity index (χ1n) is 6.38. The molecule has 4 rings (SSSR count). The molecule has 0 N–H and O–H groups in total. The van der Waals surface area contributed by atoms with Gasteiger partial charge in [0.1, 0.15) is 0 Å². The number of nitro groups is 1. The van der Waals surface area contributed by atoms with E-state index in [0.29, 0.717) is 6.42 Å². The summed E-state index contributed by atoms with van der Waals surface area (Å²) in [5.74, 6) is 0. The average molecular weight is 317 g/mol. The Balaban J connectivity index is 1.92. The Hall–Kier alpha value is -1.98. The number of rotatable bonds is 1. The van der Waals surface area contributed by atoms with Crippen LogP contribution >= 0.6 is 23.4 Å². The van der Waals surface area contributed by atoms with Crippen molar-refractivity contribution in [2.24, 2.45) is 0 Å². The summed E-state index contributed by atoms with van der Waals surface area (Å²) in [6.45, 7) is 0. The van der Waals surface area contributed by atoms with E-state index in [2.05, 4.69) is 11.0 Å². The van der Waals surface area contributed by atoms with Crippen molar-refractivity contribution in [3.63, 3.8) is 0 Å². The Morgan fingerprint density at radius 2 is 2.00 bits per heavy atom. The molecule has 0 bridgehead atoms. The van der Waals surface area contributed by atoms with E-state index in [-0.39, 0.29) is 10.6 Å². The van der Waals surface area contributed by atoms with Crippen molar-refractivity contribution in [1.82, 2.24) is 0 Å². The van der Waals surface area contributed by atoms with E-state index >= 15 is 0 Å². The van der Waals surface area contributed by atoms with Gasteiger partial charge >= 0.3 is 0 Å². The number of nitro benzene ring substituents is 1. The maximum atomic E-state index is 10.9. The van der Waals surface area contributed by atoms with Gasteiger partial charge < -0.3 is 4.90 Å². The molecular formula is C15H9ClN2O2S. The highest BCUT2D eigenvalue weighted by molar-refractivity contribution is 8.03. The minimum absolute atomic E-state index is 0.0989. The fraction of sp³-hybridized carbons (Fsp3) is 0.0667. The van der Waals surface area contributed by atoms with Gasteiger partial charge in [0.2, 0.25) is 0 Å². The van der Waals surface area contributed by atoms with Crippen molar-refractivity contribution in [3.05, 3.63) is 68.2 Å². The van der Waals surface area contributed by atoms with Crippen LogP contribution in [0.1, 0.15) is 5.56 Å². The van der Waals surface area contributed by atoms with Gasteiger partial charge in [0.25, 0.3) is 5.69 Å². The van der Waals surface area contributed by atoms with E-state index in [4.69, 9.17) is 11.6 Å². The van der Waals surface area contributed by atoms with Crippen molar-refractivity contribution in [1.29, 1.82) is 0 Å². The highest BCUT2D eigenvalue weighted by Crippen LogP contribution is 2.54. The zero-order chi connectivity index (χ0) is 14.6. The first kappa shape index (κ1) is 12.7. The van der Waals surface area contributed by atoms with Crippen molar-refractivity contribution >= 4 is 40.4 Å². The minimum atomic E-state index is -0.375. The Kier molecular flexibility index (Phi) is 2.74. The number of hydrogen-bond donors (Lipinski definition) is 0. The van der Waals surface area contributed by atoms with E-state index in [1.165, 1.54) is 0 Å².